The minimum atomic E-state index is -4.73. The van der Waals surface area contributed by atoms with Gasteiger partial charge in [0.05, 0.1) is 4.90 Å². The monoisotopic (exact) mass is 379 g/mol. The third-order valence-corrected chi connectivity index (χ3v) is 7.23. The summed E-state index contributed by atoms with van der Waals surface area (Å²) in [6, 6.07) is 3.56. The number of rotatable bonds is 3. The van der Waals surface area contributed by atoms with E-state index in [1.165, 1.54) is 4.31 Å². The SMILES string of the molecule is Cc1cc(C)c(S(=O)(=O)N2CCC(C(C)(O)C(F)(F)F)CC2)c(C)c1. The van der Waals surface area contributed by atoms with Crippen molar-refractivity contribution in [2.45, 2.75) is 57.2 Å². The molecule has 0 saturated carbocycles. The molecule has 1 N–H and O–H groups in total. The van der Waals surface area contributed by atoms with Crippen molar-refractivity contribution in [3.05, 3.63) is 28.8 Å². The molecule has 4 nitrogen and oxygen atoms in total. The molecule has 8 heteroatoms. The Hall–Kier alpha value is -1.12. The molecule has 1 heterocycles. The lowest BCUT2D eigenvalue weighted by Gasteiger charge is -2.40. The number of hydrogen-bond donors (Lipinski definition) is 1. The first-order valence-corrected chi connectivity index (χ1v) is 9.59. The molecule has 0 aromatic heterocycles. The second-order valence-corrected chi connectivity index (χ2v) is 8.93. The Morgan fingerprint density at radius 1 is 1.08 bits per heavy atom. The average Bonchev–Trinajstić information content (AvgIpc) is 2.44. The van der Waals surface area contributed by atoms with E-state index in [0.717, 1.165) is 12.5 Å². The van der Waals surface area contributed by atoms with Crippen LogP contribution in [0.5, 0.6) is 0 Å². The molecule has 1 aromatic carbocycles. The maximum atomic E-state index is 13.0. The first kappa shape index (κ1) is 20.2. The van der Waals surface area contributed by atoms with Gasteiger partial charge >= 0.3 is 6.18 Å². The number of piperidine rings is 1. The molecule has 1 unspecified atom stereocenters. The maximum absolute atomic E-state index is 13.0. The lowest BCUT2D eigenvalue weighted by atomic mass is 9.82. The fourth-order valence-corrected chi connectivity index (χ4v) is 5.47. The summed E-state index contributed by atoms with van der Waals surface area (Å²) < 4.78 is 66.0. The third kappa shape index (κ3) is 3.71. The van der Waals surface area contributed by atoms with E-state index in [-0.39, 0.29) is 30.8 Å². The highest BCUT2D eigenvalue weighted by Crippen LogP contribution is 2.41. The van der Waals surface area contributed by atoms with Crippen LogP contribution in [0.25, 0.3) is 0 Å². The van der Waals surface area contributed by atoms with Gasteiger partial charge in [-0.25, -0.2) is 8.42 Å². The first-order chi connectivity index (χ1) is 11.3. The standard InChI is InChI=1S/C17H24F3NO3S/c1-11-9-12(2)15(13(3)10-11)25(23,24)21-7-5-14(6-8-21)16(4,22)17(18,19)20/h9-10,14,22H,5-8H2,1-4H3. The van der Waals surface area contributed by atoms with Crippen molar-refractivity contribution < 1.29 is 26.7 Å². The molecule has 142 valence electrons. The summed E-state index contributed by atoms with van der Waals surface area (Å²) in [7, 11) is -3.77. The minimum Gasteiger partial charge on any atom is -0.380 e. The number of alkyl halides is 3. The molecule has 1 aliphatic rings. The van der Waals surface area contributed by atoms with Crippen molar-refractivity contribution >= 4 is 10.0 Å². The molecule has 1 aliphatic heterocycles. The van der Waals surface area contributed by atoms with Crippen molar-refractivity contribution in [2.75, 3.05) is 13.1 Å². The Morgan fingerprint density at radius 2 is 1.52 bits per heavy atom. The van der Waals surface area contributed by atoms with E-state index in [1.807, 2.05) is 6.92 Å². The summed E-state index contributed by atoms with van der Waals surface area (Å²) in [6.07, 6.45) is -4.80. The molecular weight excluding hydrogens is 355 g/mol. The summed E-state index contributed by atoms with van der Waals surface area (Å²) >= 11 is 0. The van der Waals surface area contributed by atoms with E-state index in [0.29, 0.717) is 11.1 Å². The summed E-state index contributed by atoms with van der Waals surface area (Å²) in [4.78, 5) is 0.221. The van der Waals surface area contributed by atoms with Gasteiger partial charge in [0.15, 0.2) is 5.60 Å². The van der Waals surface area contributed by atoms with E-state index in [4.69, 9.17) is 0 Å². The van der Waals surface area contributed by atoms with Gasteiger partial charge in [-0.1, -0.05) is 17.7 Å². The van der Waals surface area contributed by atoms with Gasteiger partial charge in [-0.2, -0.15) is 17.5 Å². The summed E-state index contributed by atoms with van der Waals surface area (Å²) in [6.45, 7) is 6.00. The van der Waals surface area contributed by atoms with E-state index in [9.17, 15) is 26.7 Å². The molecule has 0 amide bonds. The van der Waals surface area contributed by atoms with Gasteiger partial charge in [-0.15, -0.1) is 0 Å². The van der Waals surface area contributed by atoms with Crippen molar-refractivity contribution in [3.63, 3.8) is 0 Å². The Bertz CT molecular complexity index is 726. The van der Waals surface area contributed by atoms with Crippen molar-refractivity contribution in [1.29, 1.82) is 0 Å². The first-order valence-electron chi connectivity index (χ1n) is 8.15. The van der Waals surface area contributed by atoms with E-state index in [2.05, 4.69) is 0 Å². The lowest BCUT2D eigenvalue weighted by molar-refractivity contribution is -0.275. The van der Waals surface area contributed by atoms with Crippen molar-refractivity contribution in [1.82, 2.24) is 4.31 Å². The van der Waals surface area contributed by atoms with Crippen LogP contribution in [0.2, 0.25) is 0 Å². The van der Waals surface area contributed by atoms with Gasteiger partial charge in [0.2, 0.25) is 10.0 Å². The van der Waals surface area contributed by atoms with Gasteiger partial charge in [0, 0.05) is 13.1 Å². The van der Waals surface area contributed by atoms with Gasteiger partial charge in [0.25, 0.3) is 0 Å². The maximum Gasteiger partial charge on any atom is 0.417 e. The van der Waals surface area contributed by atoms with E-state index in [1.54, 1.807) is 26.0 Å². The smallest absolute Gasteiger partial charge is 0.380 e. The Labute approximate surface area is 146 Å². The second kappa shape index (κ2) is 6.55. The van der Waals surface area contributed by atoms with Crippen molar-refractivity contribution in [2.24, 2.45) is 5.92 Å². The molecule has 0 bridgehead atoms. The highest BCUT2D eigenvalue weighted by atomic mass is 32.2. The average molecular weight is 379 g/mol. The number of benzene rings is 1. The number of nitrogens with zero attached hydrogens (tertiary/aromatic N) is 1. The van der Waals surface area contributed by atoms with Crippen molar-refractivity contribution in [3.8, 4) is 0 Å². The fraction of sp³-hybridized carbons (Fsp3) is 0.647. The van der Waals surface area contributed by atoms with Crippen LogP contribution in [0.4, 0.5) is 13.2 Å². The second-order valence-electron chi connectivity index (χ2n) is 7.05. The molecule has 1 aromatic rings. The zero-order valence-electron chi connectivity index (χ0n) is 14.8. The lowest BCUT2D eigenvalue weighted by Crippen LogP contribution is -2.53. The molecule has 25 heavy (non-hydrogen) atoms. The Morgan fingerprint density at radius 3 is 1.92 bits per heavy atom. The van der Waals surface area contributed by atoms with Gasteiger partial charge in [0.1, 0.15) is 0 Å². The predicted molar refractivity (Wildman–Crippen MR) is 88.8 cm³/mol. The van der Waals surface area contributed by atoms with Crippen LogP contribution in [0.3, 0.4) is 0 Å². The molecule has 1 atom stereocenters. The fourth-order valence-electron chi connectivity index (χ4n) is 3.59. The van der Waals surface area contributed by atoms with Crippen LogP contribution in [0, 0.1) is 26.7 Å². The van der Waals surface area contributed by atoms with Gasteiger partial charge < -0.3 is 5.11 Å². The van der Waals surface area contributed by atoms with Crippen LogP contribution in [0.15, 0.2) is 17.0 Å². The normalized spacial score (nSPS) is 20.5. The Kier molecular flexibility index (Phi) is 5.29. The number of hydrogen-bond acceptors (Lipinski definition) is 3. The highest BCUT2D eigenvalue weighted by molar-refractivity contribution is 7.89. The molecular formula is C17H24F3NO3S. The van der Waals surface area contributed by atoms with E-state index >= 15 is 0 Å². The molecule has 0 radical (unpaired) electrons. The summed E-state index contributed by atoms with van der Waals surface area (Å²) in [5.41, 5.74) is -0.601. The highest BCUT2D eigenvalue weighted by Gasteiger charge is 2.55. The molecule has 0 aliphatic carbocycles. The number of aryl methyl sites for hydroxylation is 3. The molecule has 1 fully saturated rings. The van der Waals surface area contributed by atoms with Gasteiger partial charge in [-0.3, -0.25) is 0 Å². The van der Waals surface area contributed by atoms with Gasteiger partial charge in [-0.05, 0) is 57.6 Å². The Balaban J connectivity index is 2.23. The zero-order chi connectivity index (χ0) is 19.2. The minimum absolute atomic E-state index is 0.0320. The number of aliphatic hydroxyl groups is 1. The molecule has 0 spiro atoms. The summed E-state index contributed by atoms with van der Waals surface area (Å²) in [5.74, 6) is -1.01. The number of sulfonamides is 1. The van der Waals surface area contributed by atoms with Crippen LogP contribution >= 0.6 is 0 Å². The molecule has 2 rings (SSSR count). The molecule has 1 saturated heterocycles. The number of halogens is 3. The largest absolute Gasteiger partial charge is 0.417 e. The van der Waals surface area contributed by atoms with Crippen LogP contribution < -0.4 is 0 Å². The van der Waals surface area contributed by atoms with Crippen LogP contribution in [0.1, 0.15) is 36.5 Å². The topological polar surface area (TPSA) is 57.6 Å². The van der Waals surface area contributed by atoms with Crippen LogP contribution in [-0.4, -0.2) is 42.7 Å². The van der Waals surface area contributed by atoms with Crippen LogP contribution in [-0.2, 0) is 10.0 Å². The quantitative estimate of drug-likeness (QED) is 0.877. The summed E-state index contributed by atoms with van der Waals surface area (Å²) in [5, 5.41) is 9.81. The van der Waals surface area contributed by atoms with E-state index < -0.39 is 27.7 Å². The third-order valence-electron chi connectivity index (χ3n) is 5.03. The zero-order valence-corrected chi connectivity index (χ0v) is 15.6. The predicted octanol–water partition coefficient (Wildman–Crippen LogP) is 3.33.